The van der Waals surface area contributed by atoms with Crippen LogP contribution in [0.3, 0.4) is 0 Å². The molecule has 5 nitrogen and oxygen atoms in total. The zero-order valence-electron chi connectivity index (χ0n) is 15.1. The summed E-state index contributed by atoms with van der Waals surface area (Å²) >= 11 is 5.97. The number of rotatable bonds is 5. The molecule has 0 saturated heterocycles. The zero-order chi connectivity index (χ0) is 20.3. The number of aromatic hydroxyl groups is 1. The van der Waals surface area contributed by atoms with Crippen LogP contribution in [0, 0.1) is 18.3 Å². The van der Waals surface area contributed by atoms with Crippen molar-refractivity contribution in [3.63, 3.8) is 0 Å². The molecule has 3 aromatic rings. The van der Waals surface area contributed by atoms with Crippen molar-refractivity contribution in [1.29, 1.82) is 5.26 Å². The predicted octanol–water partition coefficient (Wildman–Crippen LogP) is 3.86. The van der Waals surface area contributed by atoms with Crippen LogP contribution in [-0.4, -0.2) is 15.5 Å². The Hall–Kier alpha value is -3.36. The number of ketones is 1. The number of carbonyl (C=O) groups is 1. The number of benzene rings is 2. The number of hydrogen-bond donors (Lipinski definition) is 1. The molecule has 0 fully saturated rings. The Kier molecular flexibility index (Phi) is 5.62. The van der Waals surface area contributed by atoms with Crippen LogP contribution in [-0.2, 0) is 13.0 Å². The van der Waals surface area contributed by atoms with Crippen LogP contribution >= 0.6 is 11.6 Å². The number of pyridine rings is 1. The minimum Gasteiger partial charge on any atom is -0.494 e. The molecule has 2 aromatic carbocycles. The smallest absolute Gasteiger partial charge is 0.271 e. The molecule has 0 spiro atoms. The second kappa shape index (κ2) is 8.12. The lowest BCUT2D eigenvalue weighted by Gasteiger charge is -2.15. The standard InChI is InChI=1S/C22H17ClN2O3/c1-14-18(13-24)21(27)25(11-10-15-6-3-2-4-7-15)22(28)19(14)20(26)16-8-5-9-17(23)12-16/h2-9,12,28H,10-11H2,1H3. The van der Waals surface area contributed by atoms with Crippen LogP contribution in [0.4, 0.5) is 0 Å². The summed E-state index contributed by atoms with van der Waals surface area (Å²) < 4.78 is 1.08. The van der Waals surface area contributed by atoms with Gasteiger partial charge in [-0.3, -0.25) is 14.2 Å². The fourth-order valence-electron chi connectivity index (χ4n) is 3.09. The SMILES string of the molecule is Cc1c(C(=O)c2cccc(Cl)c2)c(O)n(CCc2ccccc2)c(=O)c1C#N. The van der Waals surface area contributed by atoms with Crippen LogP contribution in [0.25, 0.3) is 0 Å². The van der Waals surface area contributed by atoms with Gasteiger partial charge in [-0.05, 0) is 36.6 Å². The second-order valence-corrected chi connectivity index (χ2v) is 6.78. The molecule has 28 heavy (non-hydrogen) atoms. The molecule has 0 aliphatic rings. The van der Waals surface area contributed by atoms with Gasteiger partial charge >= 0.3 is 0 Å². The fraction of sp³-hybridized carbons (Fsp3) is 0.136. The minimum absolute atomic E-state index is 0.0634. The summed E-state index contributed by atoms with van der Waals surface area (Å²) in [5.41, 5.74) is 0.559. The van der Waals surface area contributed by atoms with Crippen molar-refractivity contribution < 1.29 is 9.90 Å². The highest BCUT2D eigenvalue weighted by atomic mass is 35.5. The van der Waals surface area contributed by atoms with Crippen LogP contribution in [0.15, 0.2) is 59.4 Å². The molecule has 1 aromatic heterocycles. The van der Waals surface area contributed by atoms with Gasteiger partial charge in [0.15, 0.2) is 5.78 Å². The Morgan fingerprint density at radius 3 is 2.54 bits per heavy atom. The van der Waals surface area contributed by atoms with E-state index in [-0.39, 0.29) is 28.8 Å². The lowest BCUT2D eigenvalue weighted by Crippen LogP contribution is -2.27. The maximum atomic E-state index is 13.0. The van der Waals surface area contributed by atoms with E-state index in [1.165, 1.54) is 13.0 Å². The highest BCUT2D eigenvalue weighted by Crippen LogP contribution is 2.26. The van der Waals surface area contributed by atoms with E-state index in [9.17, 15) is 20.0 Å². The molecule has 0 aliphatic heterocycles. The van der Waals surface area contributed by atoms with Crippen molar-refractivity contribution in [2.45, 2.75) is 19.9 Å². The van der Waals surface area contributed by atoms with E-state index >= 15 is 0 Å². The molecule has 0 radical (unpaired) electrons. The number of aromatic nitrogens is 1. The predicted molar refractivity (Wildman–Crippen MR) is 107 cm³/mol. The number of aryl methyl sites for hydroxylation is 1. The van der Waals surface area contributed by atoms with Gasteiger partial charge in [0.05, 0.1) is 5.56 Å². The van der Waals surface area contributed by atoms with Crippen molar-refractivity contribution in [3.8, 4) is 11.9 Å². The lowest BCUT2D eigenvalue weighted by molar-refractivity contribution is 0.103. The monoisotopic (exact) mass is 392 g/mol. The molecular weight excluding hydrogens is 376 g/mol. The van der Waals surface area contributed by atoms with Crippen molar-refractivity contribution in [3.05, 3.63) is 97.8 Å². The largest absolute Gasteiger partial charge is 0.494 e. The summed E-state index contributed by atoms with van der Waals surface area (Å²) in [5.74, 6) is -0.940. The van der Waals surface area contributed by atoms with Crippen LogP contribution < -0.4 is 5.56 Å². The number of carbonyl (C=O) groups excluding carboxylic acids is 1. The average Bonchev–Trinajstić information content (AvgIpc) is 2.69. The van der Waals surface area contributed by atoms with Gasteiger partial charge < -0.3 is 5.11 Å². The first-order valence-corrected chi connectivity index (χ1v) is 9.02. The maximum Gasteiger partial charge on any atom is 0.271 e. The number of hydrogen-bond acceptors (Lipinski definition) is 4. The van der Waals surface area contributed by atoms with Crippen molar-refractivity contribution in [2.75, 3.05) is 0 Å². The molecule has 3 rings (SSSR count). The van der Waals surface area contributed by atoms with E-state index in [0.29, 0.717) is 11.4 Å². The van der Waals surface area contributed by atoms with Crippen molar-refractivity contribution in [1.82, 2.24) is 4.57 Å². The third-order valence-electron chi connectivity index (χ3n) is 4.58. The van der Waals surface area contributed by atoms with Gasteiger partial charge in [0, 0.05) is 17.1 Å². The molecule has 0 unspecified atom stereocenters. The molecule has 0 saturated carbocycles. The molecule has 0 atom stereocenters. The highest BCUT2D eigenvalue weighted by molar-refractivity contribution is 6.31. The van der Waals surface area contributed by atoms with Crippen molar-refractivity contribution in [2.24, 2.45) is 0 Å². The summed E-state index contributed by atoms with van der Waals surface area (Å²) in [7, 11) is 0. The van der Waals surface area contributed by atoms with E-state index in [1.807, 2.05) is 36.4 Å². The Morgan fingerprint density at radius 2 is 1.89 bits per heavy atom. The Balaban J connectivity index is 2.11. The van der Waals surface area contributed by atoms with E-state index in [2.05, 4.69) is 0 Å². The van der Waals surface area contributed by atoms with Crippen molar-refractivity contribution >= 4 is 17.4 Å². The normalized spacial score (nSPS) is 10.5. The van der Waals surface area contributed by atoms with E-state index < -0.39 is 17.2 Å². The summed E-state index contributed by atoms with van der Waals surface area (Å²) in [6, 6.07) is 17.6. The molecule has 6 heteroatoms. The third-order valence-corrected chi connectivity index (χ3v) is 4.82. The summed E-state index contributed by atoms with van der Waals surface area (Å²) in [4.78, 5) is 25.7. The Bertz CT molecular complexity index is 1140. The van der Waals surface area contributed by atoms with Gasteiger partial charge in [-0.25, -0.2) is 0 Å². The van der Waals surface area contributed by atoms with Gasteiger partial charge in [0.1, 0.15) is 11.6 Å². The zero-order valence-corrected chi connectivity index (χ0v) is 15.9. The maximum absolute atomic E-state index is 13.0. The van der Waals surface area contributed by atoms with Gasteiger partial charge in [0.2, 0.25) is 5.88 Å². The summed E-state index contributed by atoms with van der Waals surface area (Å²) in [6.45, 7) is 1.62. The topological polar surface area (TPSA) is 83.1 Å². The molecule has 0 bridgehead atoms. The number of halogens is 1. The lowest BCUT2D eigenvalue weighted by atomic mass is 9.97. The first-order chi connectivity index (χ1) is 13.4. The average molecular weight is 393 g/mol. The molecule has 140 valence electrons. The second-order valence-electron chi connectivity index (χ2n) is 6.34. The highest BCUT2D eigenvalue weighted by Gasteiger charge is 2.24. The Morgan fingerprint density at radius 1 is 1.18 bits per heavy atom. The van der Waals surface area contributed by atoms with Gasteiger partial charge in [-0.1, -0.05) is 54.1 Å². The van der Waals surface area contributed by atoms with Gasteiger partial charge in [-0.2, -0.15) is 5.26 Å². The summed E-state index contributed by atoms with van der Waals surface area (Å²) in [6.07, 6.45) is 0.465. The first kappa shape index (κ1) is 19.4. The minimum atomic E-state index is -0.615. The van der Waals surface area contributed by atoms with Crippen LogP contribution in [0.5, 0.6) is 5.88 Å². The third kappa shape index (κ3) is 3.68. The molecule has 1 heterocycles. The first-order valence-electron chi connectivity index (χ1n) is 8.64. The van der Waals surface area contributed by atoms with Gasteiger partial charge in [0.25, 0.3) is 5.56 Å². The van der Waals surface area contributed by atoms with E-state index in [0.717, 1.165) is 10.1 Å². The fourth-order valence-corrected chi connectivity index (χ4v) is 3.28. The van der Waals surface area contributed by atoms with E-state index in [1.54, 1.807) is 18.2 Å². The number of nitriles is 1. The number of nitrogens with zero attached hydrogens (tertiary/aromatic N) is 2. The summed E-state index contributed by atoms with van der Waals surface area (Å²) in [5, 5.41) is 20.6. The van der Waals surface area contributed by atoms with Crippen LogP contribution in [0.2, 0.25) is 5.02 Å². The molecule has 0 amide bonds. The quantitative estimate of drug-likeness (QED) is 0.668. The van der Waals surface area contributed by atoms with Crippen LogP contribution in [0.1, 0.15) is 32.6 Å². The van der Waals surface area contributed by atoms with Gasteiger partial charge in [-0.15, -0.1) is 0 Å². The molecular formula is C22H17ClN2O3. The molecule has 1 N–H and O–H groups in total. The molecule has 0 aliphatic carbocycles. The van der Waals surface area contributed by atoms with E-state index in [4.69, 9.17) is 11.6 Å². The Labute approximate surface area is 167 Å².